The number of nitrogens with zero attached hydrogens (tertiary/aromatic N) is 3. The van der Waals surface area contributed by atoms with Crippen LogP contribution in [0.5, 0.6) is 11.5 Å². The second kappa shape index (κ2) is 11.3. The van der Waals surface area contributed by atoms with Gasteiger partial charge in [-0.3, -0.25) is 14.4 Å². The minimum absolute atomic E-state index is 0. The van der Waals surface area contributed by atoms with E-state index in [2.05, 4.69) is 15.5 Å². The Morgan fingerprint density at radius 3 is 2.00 bits per heavy atom. The predicted octanol–water partition coefficient (Wildman–Crippen LogP) is 2.51. The minimum Gasteiger partial charge on any atom is -0.426 e. The number of esters is 2. The fourth-order valence-electron chi connectivity index (χ4n) is 2.10. The summed E-state index contributed by atoms with van der Waals surface area (Å²) in [6.45, 7) is 2.54. The van der Waals surface area contributed by atoms with Crippen LogP contribution in [0, 0.1) is 0 Å². The second-order valence-corrected chi connectivity index (χ2v) is 5.69. The minimum atomic E-state index is -0.642. The average molecular weight is 435 g/mol. The number of H-pyrrole nitrogens is 1. The summed E-state index contributed by atoms with van der Waals surface area (Å²) in [4.78, 5) is 43.6. The third-order valence-electron chi connectivity index (χ3n) is 3.17. The smallest absolute Gasteiger partial charge is 0.365 e. The van der Waals surface area contributed by atoms with Gasteiger partial charge >= 0.3 is 17.6 Å². The molecule has 0 spiro atoms. The molecule has 1 N–H and O–H groups in total. The summed E-state index contributed by atoms with van der Waals surface area (Å²) in [6.07, 6.45) is 0. The third-order valence-corrected chi connectivity index (χ3v) is 3.38. The van der Waals surface area contributed by atoms with E-state index in [1.54, 1.807) is 36.4 Å². The maximum absolute atomic E-state index is 11.3. The lowest BCUT2D eigenvalue weighted by Gasteiger charge is -2.06. The van der Waals surface area contributed by atoms with Gasteiger partial charge in [0.05, 0.1) is 5.56 Å². The molecular weight excluding hydrogens is 416 g/mol. The lowest BCUT2D eigenvalue weighted by molar-refractivity contribution is -0.132. The highest BCUT2D eigenvalue weighted by molar-refractivity contribution is 6.68. The highest BCUT2D eigenvalue weighted by Crippen LogP contribution is 2.20. The van der Waals surface area contributed by atoms with Crippen LogP contribution in [0.3, 0.4) is 0 Å². The van der Waals surface area contributed by atoms with Crippen molar-refractivity contribution in [3.8, 4) is 17.2 Å². The number of halogens is 1. The van der Waals surface area contributed by atoms with E-state index in [0.717, 1.165) is 4.68 Å². The number of nitrogens with one attached hydrogen (secondary N) is 1. The number of carbonyl (C=O) groups excluding carboxylic acids is 3. The molecule has 2 aromatic carbocycles. The maximum atomic E-state index is 11.3. The van der Waals surface area contributed by atoms with Crippen molar-refractivity contribution in [1.82, 2.24) is 20.2 Å². The number of benzene rings is 2. The van der Waals surface area contributed by atoms with Crippen LogP contribution in [-0.2, 0) is 9.59 Å². The number of carbonyl (C=O) groups is 3. The summed E-state index contributed by atoms with van der Waals surface area (Å²) in [5, 5.41) is 8.43. The molecule has 0 saturated carbocycles. The van der Waals surface area contributed by atoms with Gasteiger partial charge in [0, 0.05) is 13.8 Å². The van der Waals surface area contributed by atoms with E-state index in [4.69, 9.17) is 21.1 Å². The Morgan fingerprint density at radius 1 is 0.933 bits per heavy atom. The van der Waals surface area contributed by atoms with Crippen molar-refractivity contribution < 1.29 is 23.9 Å². The standard InChI is InChI=1S/C9H7ClO3.C9H8N4O3.CH4/c1-6(11)13-8-5-3-2-4-7(8)9(10)12;1-6(14)16-8-5-3-2-4-7(8)13-9(15)10-11-12-13;/h2-5H,1H3;2-5H,1H3,(H,10,12,15);1H4. The van der Waals surface area contributed by atoms with Crippen LogP contribution in [0.4, 0.5) is 0 Å². The van der Waals surface area contributed by atoms with Crippen LogP contribution in [0.1, 0.15) is 31.6 Å². The van der Waals surface area contributed by atoms with Crippen molar-refractivity contribution in [2.45, 2.75) is 21.3 Å². The molecule has 0 bridgehead atoms. The largest absolute Gasteiger partial charge is 0.426 e. The van der Waals surface area contributed by atoms with Crippen molar-refractivity contribution in [1.29, 1.82) is 0 Å². The summed E-state index contributed by atoms with van der Waals surface area (Å²) in [6, 6.07) is 12.9. The zero-order valence-electron chi connectivity index (χ0n) is 15.3. The van der Waals surface area contributed by atoms with Gasteiger partial charge in [-0.15, -0.1) is 0 Å². The summed E-state index contributed by atoms with van der Waals surface area (Å²) in [5.74, 6) is -0.504. The highest BCUT2D eigenvalue weighted by Gasteiger charge is 2.11. The monoisotopic (exact) mass is 434 g/mol. The van der Waals surface area contributed by atoms with Gasteiger partial charge < -0.3 is 9.47 Å². The molecule has 0 fully saturated rings. The number of tetrazole rings is 1. The van der Waals surface area contributed by atoms with Crippen LogP contribution < -0.4 is 15.2 Å². The molecule has 0 aliphatic rings. The molecule has 3 aromatic rings. The Labute approximate surface area is 176 Å². The molecule has 10 nitrogen and oxygen atoms in total. The topological polar surface area (TPSA) is 133 Å². The third kappa shape index (κ3) is 6.67. The number of hydrogen-bond donors (Lipinski definition) is 1. The van der Waals surface area contributed by atoms with Gasteiger partial charge in [-0.1, -0.05) is 31.7 Å². The first-order valence-electron chi connectivity index (χ1n) is 8.05. The van der Waals surface area contributed by atoms with Crippen LogP contribution in [0.2, 0.25) is 0 Å². The zero-order chi connectivity index (χ0) is 21.4. The molecule has 1 heterocycles. The molecule has 0 atom stereocenters. The number of rotatable bonds is 4. The van der Waals surface area contributed by atoms with Crippen LogP contribution in [-0.4, -0.2) is 37.4 Å². The number of ether oxygens (including phenoxy) is 2. The van der Waals surface area contributed by atoms with E-state index in [9.17, 15) is 19.2 Å². The van der Waals surface area contributed by atoms with Crippen molar-refractivity contribution in [3.63, 3.8) is 0 Å². The molecule has 30 heavy (non-hydrogen) atoms. The summed E-state index contributed by atoms with van der Waals surface area (Å²) in [7, 11) is 0. The molecular formula is C19H19ClN4O6. The van der Waals surface area contributed by atoms with Gasteiger partial charge in [0.2, 0.25) is 0 Å². The van der Waals surface area contributed by atoms with Crippen molar-refractivity contribution in [2.24, 2.45) is 0 Å². The van der Waals surface area contributed by atoms with E-state index in [1.165, 1.54) is 26.0 Å². The molecule has 1 aromatic heterocycles. The second-order valence-electron chi connectivity index (χ2n) is 5.34. The predicted molar refractivity (Wildman–Crippen MR) is 108 cm³/mol. The lowest BCUT2D eigenvalue weighted by Crippen LogP contribution is -2.17. The summed E-state index contributed by atoms with van der Waals surface area (Å²) < 4.78 is 10.7. The first kappa shape index (κ1) is 24.2. The molecule has 158 valence electrons. The van der Waals surface area contributed by atoms with Crippen molar-refractivity contribution in [3.05, 3.63) is 64.6 Å². The Morgan fingerprint density at radius 2 is 1.47 bits per heavy atom. The molecule has 0 aliphatic carbocycles. The van der Waals surface area contributed by atoms with E-state index < -0.39 is 22.9 Å². The average Bonchev–Trinajstić information content (AvgIpc) is 3.08. The zero-order valence-corrected chi connectivity index (χ0v) is 16.0. The Balaban J connectivity index is 0.000000297. The van der Waals surface area contributed by atoms with Crippen molar-refractivity contribution >= 4 is 28.8 Å². The van der Waals surface area contributed by atoms with Gasteiger partial charge in [0.15, 0.2) is 5.75 Å². The lowest BCUT2D eigenvalue weighted by atomic mass is 10.2. The molecule has 0 unspecified atom stereocenters. The highest BCUT2D eigenvalue weighted by atomic mass is 35.5. The maximum Gasteiger partial charge on any atom is 0.365 e. The Kier molecular flexibility index (Phi) is 9.11. The van der Waals surface area contributed by atoms with Crippen LogP contribution in [0.25, 0.3) is 5.69 Å². The number of para-hydroxylation sites is 3. The number of aromatic amines is 1. The first-order valence-corrected chi connectivity index (χ1v) is 8.43. The molecule has 0 aliphatic heterocycles. The Hall–Kier alpha value is -3.79. The number of aromatic nitrogens is 4. The quantitative estimate of drug-likeness (QED) is 0.376. The SMILES string of the molecule is C.CC(=O)Oc1ccccc1-n1nn[nH]c1=O.CC(=O)Oc1ccccc1C(=O)Cl. The molecule has 3 rings (SSSR count). The van der Waals surface area contributed by atoms with Gasteiger partial charge in [0.25, 0.3) is 5.24 Å². The number of hydrogen-bond acceptors (Lipinski definition) is 8. The van der Waals surface area contributed by atoms with Crippen LogP contribution in [0.15, 0.2) is 53.3 Å². The van der Waals surface area contributed by atoms with E-state index in [-0.39, 0.29) is 24.5 Å². The van der Waals surface area contributed by atoms with Gasteiger partial charge in [-0.05, 0) is 46.3 Å². The van der Waals surface area contributed by atoms with E-state index in [0.29, 0.717) is 5.69 Å². The van der Waals surface area contributed by atoms with Crippen molar-refractivity contribution in [2.75, 3.05) is 0 Å². The first-order chi connectivity index (χ1) is 13.8. The summed E-state index contributed by atoms with van der Waals surface area (Å²) >= 11 is 5.26. The van der Waals surface area contributed by atoms with Gasteiger partial charge in [-0.2, -0.15) is 4.68 Å². The fraction of sp³-hybridized carbons (Fsp3) is 0.158. The summed E-state index contributed by atoms with van der Waals surface area (Å²) in [5.41, 5.74) is 0.0513. The Bertz CT molecular complexity index is 1090. The van der Waals surface area contributed by atoms with Gasteiger partial charge in [-0.25, -0.2) is 9.89 Å². The normalized spacial score (nSPS) is 9.43. The van der Waals surface area contributed by atoms with E-state index >= 15 is 0 Å². The van der Waals surface area contributed by atoms with E-state index in [1.807, 2.05) is 0 Å². The fourth-order valence-corrected chi connectivity index (χ4v) is 2.26. The van der Waals surface area contributed by atoms with Crippen LogP contribution >= 0.6 is 11.6 Å². The van der Waals surface area contributed by atoms with Gasteiger partial charge in [0.1, 0.15) is 11.4 Å². The molecule has 0 radical (unpaired) electrons. The molecule has 11 heteroatoms. The molecule has 0 saturated heterocycles. The molecule has 0 amide bonds.